The first-order chi connectivity index (χ1) is 7.63. The number of rotatable bonds is 4. The number of carboxylic acid groups (broad SMARTS) is 1. The standard InChI is InChI=1S/C12H13NO3/c1-3-8-4-5-11(16-2)9(6-8)10(7-13)12(14)15/h4-6,10H,3H2,1-2H3,(H,14,15). The van der Waals surface area contributed by atoms with E-state index >= 15 is 0 Å². The largest absolute Gasteiger partial charge is 0.496 e. The average molecular weight is 219 g/mol. The normalized spacial score (nSPS) is 11.6. The molecule has 0 bridgehead atoms. The van der Waals surface area contributed by atoms with Crippen LogP contribution in [0.3, 0.4) is 0 Å². The molecule has 0 saturated heterocycles. The Labute approximate surface area is 94.1 Å². The van der Waals surface area contributed by atoms with Crippen LogP contribution in [0.2, 0.25) is 0 Å². The molecule has 4 heteroatoms. The molecule has 0 fully saturated rings. The van der Waals surface area contributed by atoms with E-state index in [0.29, 0.717) is 11.3 Å². The second kappa shape index (κ2) is 5.17. The van der Waals surface area contributed by atoms with Gasteiger partial charge in [0.2, 0.25) is 0 Å². The summed E-state index contributed by atoms with van der Waals surface area (Å²) >= 11 is 0. The van der Waals surface area contributed by atoms with Crippen molar-refractivity contribution in [1.82, 2.24) is 0 Å². The fourth-order valence-electron chi connectivity index (χ4n) is 1.49. The molecule has 1 N–H and O–H groups in total. The van der Waals surface area contributed by atoms with Gasteiger partial charge in [0.1, 0.15) is 5.75 Å². The van der Waals surface area contributed by atoms with Crippen LogP contribution in [0.25, 0.3) is 0 Å². The van der Waals surface area contributed by atoms with E-state index in [9.17, 15) is 4.79 Å². The van der Waals surface area contributed by atoms with E-state index < -0.39 is 11.9 Å². The number of benzene rings is 1. The van der Waals surface area contributed by atoms with Crippen molar-refractivity contribution in [2.75, 3.05) is 7.11 Å². The zero-order valence-corrected chi connectivity index (χ0v) is 9.23. The predicted octanol–water partition coefficient (Wildman–Crippen LogP) is 1.95. The van der Waals surface area contributed by atoms with Gasteiger partial charge >= 0.3 is 5.97 Å². The van der Waals surface area contributed by atoms with Crippen LogP contribution in [-0.2, 0) is 11.2 Å². The molecule has 0 spiro atoms. The molecule has 0 radical (unpaired) electrons. The second-order valence-corrected chi connectivity index (χ2v) is 3.33. The van der Waals surface area contributed by atoms with Gasteiger partial charge in [-0.1, -0.05) is 19.1 Å². The first-order valence-corrected chi connectivity index (χ1v) is 4.93. The molecule has 0 aliphatic rings. The Morgan fingerprint density at radius 1 is 1.62 bits per heavy atom. The fourth-order valence-corrected chi connectivity index (χ4v) is 1.49. The summed E-state index contributed by atoms with van der Waals surface area (Å²) in [7, 11) is 1.46. The van der Waals surface area contributed by atoms with Crippen molar-refractivity contribution in [2.45, 2.75) is 19.3 Å². The minimum atomic E-state index is -1.18. The maximum Gasteiger partial charge on any atom is 0.325 e. The van der Waals surface area contributed by atoms with Crippen LogP contribution in [0.1, 0.15) is 24.0 Å². The summed E-state index contributed by atoms with van der Waals surface area (Å²) in [5.74, 6) is -1.90. The van der Waals surface area contributed by atoms with Gasteiger partial charge in [-0.15, -0.1) is 0 Å². The number of carbonyl (C=O) groups is 1. The minimum Gasteiger partial charge on any atom is -0.496 e. The van der Waals surface area contributed by atoms with Crippen LogP contribution in [0.15, 0.2) is 18.2 Å². The number of carboxylic acids is 1. The number of hydrogen-bond acceptors (Lipinski definition) is 3. The summed E-state index contributed by atoms with van der Waals surface area (Å²) in [5.41, 5.74) is 1.40. The number of nitrogens with zero attached hydrogens (tertiary/aromatic N) is 1. The molecule has 1 atom stereocenters. The van der Waals surface area contributed by atoms with Crippen LogP contribution in [0, 0.1) is 11.3 Å². The number of nitriles is 1. The Hall–Kier alpha value is -2.02. The molecule has 16 heavy (non-hydrogen) atoms. The summed E-state index contributed by atoms with van der Waals surface area (Å²) in [6.45, 7) is 1.97. The van der Waals surface area contributed by atoms with Gasteiger partial charge in [-0.05, 0) is 18.1 Å². The summed E-state index contributed by atoms with van der Waals surface area (Å²) in [4.78, 5) is 10.9. The van der Waals surface area contributed by atoms with Crippen molar-refractivity contribution < 1.29 is 14.6 Å². The van der Waals surface area contributed by atoms with Crippen molar-refractivity contribution in [3.05, 3.63) is 29.3 Å². The molecular formula is C12H13NO3. The highest BCUT2D eigenvalue weighted by Crippen LogP contribution is 2.28. The Bertz CT molecular complexity index is 434. The molecule has 84 valence electrons. The molecule has 0 heterocycles. The summed E-state index contributed by atoms with van der Waals surface area (Å²) in [5, 5.41) is 17.8. The maximum absolute atomic E-state index is 10.9. The molecule has 0 saturated carbocycles. The van der Waals surface area contributed by atoms with Crippen molar-refractivity contribution in [2.24, 2.45) is 0 Å². The third kappa shape index (κ3) is 2.31. The highest BCUT2D eigenvalue weighted by molar-refractivity contribution is 5.80. The van der Waals surface area contributed by atoms with E-state index in [-0.39, 0.29) is 0 Å². The predicted molar refractivity (Wildman–Crippen MR) is 58.4 cm³/mol. The van der Waals surface area contributed by atoms with E-state index in [1.165, 1.54) is 7.11 Å². The van der Waals surface area contributed by atoms with Gasteiger partial charge in [-0.2, -0.15) is 5.26 Å². The van der Waals surface area contributed by atoms with Gasteiger partial charge in [0.25, 0.3) is 0 Å². The quantitative estimate of drug-likeness (QED) is 0.840. The first-order valence-electron chi connectivity index (χ1n) is 4.93. The minimum absolute atomic E-state index is 0.414. The zero-order chi connectivity index (χ0) is 12.1. The molecule has 1 unspecified atom stereocenters. The molecule has 4 nitrogen and oxygen atoms in total. The van der Waals surface area contributed by atoms with Crippen molar-refractivity contribution in [3.63, 3.8) is 0 Å². The molecule has 1 rings (SSSR count). The van der Waals surface area contributed by atoms with Gasteiger partial charge in [0.15, 0.2) is 5.92 Å². The van der Waals surface area contributed by atoms with Crippen LogP contribution in [-0.4, -0.2) is 18.2 Å². The topological polar surface area (TPSA) is 70.3 Å². The molecule has 0 aliphatic heterocycles. The van der Waals surface area contributed by atoms with Crippen LogP contribution in [0.5, 0.6) is 5.75 Å². The Kier molecular flexibility index (Phi) is 3.90. The lowest BCUT2D eigenvalue weighted by Crippen LogP contribution is -2.11. The van der Waals surface area contributed by atoms with Crippen LogP contribution in [0.4, 0.5) is 0 Å². The Balaban J connectivity index is 3.28. The van der Waals surface area contributed by atoms with Crippen molar-refractivity contribution in [1.29, 1.82) is 5.26 Å². The van der Waals surface area contributed by atoms with Gasteiger partial charge < -0.3 is 9.84 Å². The molecule has 1 aromatic rings. The van der Waals surface area contributed by atoms with Crippen LogP contribution < -0.4 is 4.74 Å². The number of aryl methyl sites for hydroxylation is 1. The highest BCUT2D eigenvalue weighted by atomic mass is 16.5. The monoisotopic (exact) mass is 219 g/mol. The first kappa shape index (κ1) is 12.1. The zero-order valence-electron chi connectivity index (χ0n) is 9.23. The van der Waals surface area contributed by atoms with Crippen molar-refractivity contribution in [3.8, 4) is 11.8 Å². The van der Waals surface area contributed by atoms with Crippen LogP contribution >= 0.6 is 0 Å². The number of aliphatic carboxylic acids is 1. The van der Waals surface area contributed by atoms with Crippen molar-refractivity contribution >= 4 is 5.97 Å². The number of ether oxygens (including phenoxy) is 1. The highest BCUT2D eigenvalue weighted by Gasteiger charge is 2.23. The second-order valence-electron chi connectivity index (χ2n) is 3.33. The van der Waals surface area contributed by atoms with E-state index in [4.69, 9.17) is 15.1 Å². The SMILES string of the molecule is CCc1ccc(OC)c(C(C#N)C(=O)O)c1. The summed E-state index contributed by atoms with van der Waals surface area (Å²) in [6.07, 6.45) is 0.786. The summed E-state index contributed by atoms with van der Waals surface area (Å²) < 4.78 is 5.06. The van der Waals surface area contributed by atoms with E-state index in [1.54, 1.807) is 18.2 Å². The van der Waals surface area contributed by atoms with Gasteiger partial charge in [-0.25, -0.2) is 0 Å². The Morgan fingerprint density at radius 2 is 2.31 bits per heavy atom. The average Bonchev–Trinajstić information content (AvgIpc) is 2.29. The lowest BCUT2D eigenvalue weighted by atomic mass is 9.97. The fraction of sp³-hybridized carbons (Fsp3) is 0.333. The Morgan fingerprint density at radius 3 is 2.75 bits per heavy atom. The lowest BCUT2D eigenvalue weighted by Gasteiger charge is -2.11. The number of hydrogen-bond donors (Lipinski definition) is 1. The van der Waals surface area contributed by atoms with Gasteiger partial charge in [-0.3, -0.25) is 4.79 Å². The number of methoxy groups -OCH3 is 1. The third-order valence-corrected chi connectivity index (χ3v) is 2.39. The maximum atomic E-state index is 10.9. The summed E-state index contributed by atoms with van der Waals surface area (Å²) in [6, 6.07) is 7.03. The smallest absolute Gasteiger partial charge is 0.325 e. The lowest BCUT2D eigenvalue weighted by molar-refractivity contribution is -0.137. The van der Waals surface area contributed by atoms with E-state index in [1.807, 2.05) is 13.0 Å². The van der Waals surface area contributed by atoms with E-state index in [2.05, 4.69) is 0 Å². The van der Waals surface area contributed by atoms with Gasteiger partial charge in [0.05, 0.1) is 13.2 Å². The van der Waals surface area contributed by atoms with E-state index in [0.717, 1.165) is 12.0 Å². The molecule has 1 aromatic carbocycles. The van der Waals surface area contributed by atoms with Gasteiger partial charge in [0, 0.05) is 5.56 Å². The molecule has 0 amide bonds. The third-order valence-electron chi connectivity index (χ3n) is 2.39. The molecule has 0 aromatic heterocycles. The molecular weight excluding hydrogens is 206 g/mol. The molecule has 0 aliphatic carbocycles.